The van der Waals surface area contributed by atoms with Crippen molar-refractivity contribution in [2.24, 2.45) is 4.99 Å². The Kier molecular flexibility index (Phi) is 6.15. The van der Waals surface area contributed by atoms with Gasteiger partial charge in [-0.2, -0.15) is 0 Å². The van der Waals surface area contributed by atoms with Crippen molar-refractivity contribution < 1.29 is 9.72 Å². The molecular weight excluding hydrogens is 432 g/mol. The third-order valence-corrected chi connectivity index (χ3v) is 6.98. The van der Waals surface area contributed by atoms with Crippen molar-refractivity contribution in [3.8, 4) is 0 Å². The smallest absolute Gasteiger partial charge is 0.269 e. The van der Waals surface area contributed by atoms with Gasteiger partial charge in [-0.3, -0.25) is 19.8 Å². The number of aliphatic imine (C=N–C) groups is 1. The minimum absolute atomic E-state index is 0.00852. The Balaban J connectivity index is 1.59. The Morgan fingerprint density at radius 2 is 1.71 bits per heavy atom. The number of nitro groups is 1. The van der Waals surface area contributed by atoms with Gasteiger partial charge < -0.3 is 4.90 Å². The molecule has 0 aliphatic carbocycles. The largest absolute Gasteiger partial charge is 0.335 e. The molecule has 158 valence electrons. The summed E-state index contributed by atoms with van der Waals surface area (Å²) in [6, 6.07) is 14.2. The molecule has 0 N–H and O–H groups in total. The minimum atomic E-state index is -0.448. The molecular formula is C22H20N4O3S2. The molecule has 0 radical (unpaired) electrons. The van der Waals surface area contributed by atoms with Crippen molar-refractivity contribution in [2.45, 2.75) is 18.7 Å². The van der Waals surface area contributed by atoms with Crippen LogP contribution in [0.4, 0.5) is 17.1 Å². The number of carbonyl (C=O) groups excluding carboxylic acids is 1. The van der Waals surface area contributed by atoms with E-state index in [1.165, 1.54) is 34.5 Å². The van der Waals surface area contributed by atoms with Gasteiger partial charge in [0.2, 0.25) is 0 Å². The summed E-state index contributed by atoms with van der Waals surface area (Å²) in [5, 5.41) is 12.5. The molecule has 0 aromatic heterocycles. The molecule has 7 nitrogen and oxygen atoms in total. The number of benzene rings is 2. The first-order valence-electron chi connectivity index (χ1n) is 9.81. The van der Waals surface area contributed by atoms with E-state index in [2.05, 4.69) is 28.9 Å². The van der Waals surface area contributed by atoms with Crippen LogP contribution in [0.15, 0.2) is 80.5 Å². The Morgan fingerprint density at radius 3 is 2.39 bits per heavy atom. The second-order valence-electron chi connectivity index (χ2n) is 6.67. The number of amidine groups is 1. The van der Waals surface area contributed by atoms with E-state index in [4.69, 9.17) is 0 Å². The fourth-order valence-corrected chi connectivity index (χ4v) is 5.43. The van der Waals surface area contributed by atoms with Crippen LogP contribution >= 0.6 is 23.5 Å². The monoisotopic (exact) mass is 452 g/mol. The quantitative estimate of drug-likeness (QED) is 0.337. The molecule has 2 aliphatic heterocycles. The van der Waals surface area contributed by atoms with Crippen molar-refractivity contribution in [3.05, 3.63) is 80.7 Å². The summed E-state index contributed by atoms with van der Waals surface area (Å²) < 4.78 is 0. The molecule has 9 heteroatoms. The lowest BCUT2D eigenvalue weighted by Crippen LogP contribution is -2.28. The Hall–Kier alpha value is -3.04. The average Bonchev–Trinajstić information content (AvgIpc) is 3.28. The molecule has 2 heterocycles. The molecule has 0 spiro atoms. The van der Waals surface area contributed by atoms with Gasteiger partial charge in [-0.25, -0.2) is 4.99 Å². The molecule has 0 saturated carbocycles. The van der Waals surface area contributed by atoms with Crippen molar-refractivity contribution in [2.75, 3.05) is 18.0 Å². The van der Waals surface area contributed by atoms with E-state index in [-0.39, 0.29) is 11.6 Å². The van der Waals surface area contributed by atoms with Gasteiger partial charge in [0.05, 0.1) is 26.2 Å². The first-order chi connectivity index (χ1) is 15.0. The second kappa shape index (κ2) is 8.99. The maximum Gasteiger partial charge on any atom is 0.269 e. The molecule has 1 amide bonds. The molecule has 2 aromatic rings. The van der Waals surface area contributed by atoms with E-state index in [0.29, 0.717) is 22.3 Å². The van der Waals surface area contributed by atoms with Gasteiger partial charge in [0.25, 0.3) is 11.6 Å². The molecule has 0 bridgehead atoms. The van der Waals surface area contributed by atoms with Gasteiger partial charge >= 0.3 is 0 Å². The number of carbonyl (C=O) groups is 1. The number of hydrogen-bond acceptors (Lipinski definition) is 7. The van der Waals surface area contributed by atoms with Crippen molar-refractivity contribution in [3.63, 3.8) is 0 Å². The van der Waals surface area contributed by atoms with Gasteiger partial charge in [-0.1, -0.05) is 23.9 Å². The van der Waals surface area contributed by atoms with Crippen LogP contribution in [0.5, 0.6) is 0 Å². The van der Waals surface area contributed by atoms with Crippen molar-refractivity contribution in [1.29, 1.82) is 0 Å². The number of nitrogens with zero attached hydrogens (tertiary/aromatic N) is 4. The normalized spacial score (nSPS) is 19.7. The number of amides is 1. The Morgan fingerprint density at radius 1 is 1.00 bits per heavy atom. The standard InChI is InChI=1S/C22H20N4O3S2/c1-3-24-17-7-5-6-8-18(17)30-20(24)14-13-19-21(27)25(4-2)22(31-19)23-15-9-11-16(12-10-15)26(28)29/h5-14H,3-4H2,1-2H3. The number of para-hydroxylation sites is 1. The predicted molar refractivity (Wildman–Crippen MR) is 127 cm³/mol. The van der Waals surface area contributed by atoms with Crippen LogP contribution in [0.1, 0.15) is 13.8 Å². The first-order valence-corrected chi connectivity index (χ1v) is 11.4. The minimum Gasteiger partial charge on any atom is -0.335 e. The van der Waals surface area contributed by atoms with E-state index < -0.39 is 4.92 Å². The van der Waals surface area contributed by atoms with E-state index in [0.717, 1.165) is 11.6 Å². The molecule has 2 aliphatic rings. The average molecular weight is 453 g/mol. The number of fused-ring (bicyclic) bond motifs is 1. The van der Waals surface area contributed by atoms with E-state index in [1.54, 1.807) is 28.8 Å². The van der Waals surface area contributed by atoms with Gasteiger partial charge in [0.15, 0.2) is 5.17 Å². The van der Waals surface area contributed by atoms with Crippen LogP contribution < -0.4 is 4.90 Å². The van der Waals surface area contributed by atoms with Crippen molar-refractivity contribution in [1.82, 2.24) is 4.90 Å². The SMILES string of the molecule is CCN1C(=O)C(=CC=C2Sc3ccccc3N2CC)SC1=Nc1ccc([N+](=O)[O-])cc1. The lowest BCUT2D eigenvalue weighted by molar-refractivity contribution is -0.384. The predicted octanol–water partition coefficient (Wildman–Crippen LogP) is 5.54. The molecule has 1 fully saturated rings. The molecule has 4 rings (SSSR count). The molecule has 31 heavy (non-hydrogen) atoms. The maximum absolute atomic E-state index is 12.9. The van der Waals surface area contributed by atoms with Crippen LogP contribution in [0.2, 0.25) is 0 Å². The number of non-ortho nitro benzene ring substituents is 1. The van der Waals surface area contributed by atoms with Crippen LogP contribution in [0.25, 0.3) is 0 Å². The third kappa shape index (κ3) is 4.24. The lowest BCUT2D eigenvalue weighted by atomic mass is 10.3. The van der Waals surface area contributed by atoms with Crippen LogP contribution in [-0.4, -0.2) is 34.0 Å². The number of likely N-dealkylation sites (N-methyl/N-ethyl adjacent to an activating group) is 1. The summed E-state index contributed by atoms with van der Waals surface area (Å²) in [7, 11) is 0. The Labute approximate surface area is 188 Å². The summed E-state index contributed by atoms with van der Waals surface area (Å²) >= 11 is 3.00. The number of nitro benzene ring substituents is 1. The highest BCUT2D eigenvalue weighted by atomic mass is 32.2. The highest BCUT2D eigenvalue weighted by Gasteiger charge is 2.32. The van der Waals surface area contributed by atoms with Gasteiger partial charge in [-0.15, -0.1) is 0 Å². The van der Waals surface area contributed by atoms with Crippen molar-refractivity contribution >= 4 is 51.7 Å². The number of allylic oxidation sites excluding steroid dienone is 2. The fraction of sp³-hybridized carbons (Fsp3) is 0.182. The third-order valence-electron chi connectivity index (χ3n) is 4.82. The fourth-order valence-electron chi connectivity index (χ4n) is 3.29. The summed E-state index contributed by atoms with van der Waals surface area (Å²) in [6.45, 7) is 5.33. The van der Waals surface area contributed by atoms with Gasteiger partial charge in [-0.05, 0) is 62.0 Å². The topological polar surface area (TPSA) is 79.0 Å². The number of thioether (sulfide) groups is 2. The molecule has 0 atom stereocenters. The molecule has 1 saturated heterocycles. The zero-order chi connectivity index (χ0) is 22.0. The molecule has 2 aromatic carbocycles. The zero-order valence-corrected chi connectivity index (χ0v) is 18.7. The highest BCUT2D eigenvalue weighted by Crippen LogP contribution is 2.45. The van der Waals surface area contributed by atoms with Crippen LogP contribution in [0.3, 0.4) is 0 Å². The van der Waals surface area contributed by atoms with Crippen LogP contribution in [0, 0.1) is 10.1 Å². The first kappa shape index (κ1) is 21.2. The Bertz CT molecular complexity index is 1130. The highest BCUT2D eigenvalue weighted by molar-refractivity contribution is 8.18. The second-order valence-corrected chi connectivity index (χ2v) is 8.74. The van der Waals surface area contributed by atoms with E-state index in [9.17, 15) is 14.9 Å². The zero-order valence-electron chi connectivity index (χ0n) is 17.0. The number of anilines is 1. The lowest BCUT2D eigenvalue weighted by Gasteiger charge is -2.17. The number of hydrogen-bond donors (Lipinski definition) is 0. The summed E-state index contributed by atoms with van der Waals surface area (Å²) in [5.41, 5.74) is 1.76. The summed E-state index contributed by atoms with van der Waals surface area (Å²) in [4.78, 5) is 33.4. The van der Waals surface area contributed by atoms with E-state index in [1.807, 2.05) is 31.2 Å². The van der Waals surface area contributed by atoms with Gasteiger partial charge in [0.1, 0.15) is 0 Å². The number of rotatable bonds is 5. The maximum atomic E-state index is 12.9. The van der Waals surface area contributed by atoms with E-state index >= 15 is 0 Å². The van der Waals surface area contributed by atoms with Gasteiger partial charge in [0, 0.05) is 30.1 Å². The summed E-state index contributed by atoms with van der Waals surface area (Å²) in [5.74, 6) is -0.0893. The van der Waals surface area contributed by atoms with Crippen LogP contribution in [-0.2, 0) is 4.79 Å². The summed E-state index contributed by atoms with van der Waals surface area (Å²) in [6.07, 6.45) is 3.84. The molecule has 0 unspecified atom stereocenters.